The van der Waals surface area contributed by atoms with Gasteiger partial charge in [-0.2, -0.15) is 0 Å². The highest BCUT2D eigenvalue weighted by atomic mass is 16.2. The van der Waals surface area contributed by atoms with E-state index in [1.807, 2.05) is 42.5 Å². The van der Waals surface area contributed by atoms with Crippen LogP contribution < -0.4 is 10.6 Å². The zero-order valence-electron chi connectivity index (χ0n) is 12.9. The van der Waals surface area contributed by atoms with Crippen LogP contribution in [0.15, 0.2) is 42.5 Å². The Hall–Kier alpha value is -2.89. The first-order valence-electron chi connectivity index (χ1n) is 7.29. The Balaban J connectivity index is 1.98. The first-order valence-corrected chi connectivity index (χ1v) is 7.29. The molecular formula is C17H17N3O3. The molecule has 4 amide bonds. The minimum absolute atomic E-state index is 0.287. The number of imide groups is 1. The summed E-state index contributed by atoms with van der Waals surface area (Å²) in [5, 5.41) is 7.15. The van der Waals surface area contributed by atoms with Crippen LogP contribution in [0.3, 0.4) is 0 Å². The summed E-state index contributed by atoms with van der Waals surface area (Å²) in [6.07, 6.45) is 0. The summed E-state index contributed by atoms with van der Waals surface area (Å²) >= 11 is 0. The van der Waals surface area contributed by atoms with Crippen molar-refractivity contribution in [2.45, 2.75) is 12.5 Å². The number of benzene rings is 2. The highest BCUT2D eigenvalue weighted by Crippen LogP contribution is 2.30. The normalized spacial score (nSPS) is 20.7. The number of nitrogens with one attached hydrogen (secondary N) is 2. The first kappa shape index (κ1) is 15.0. The van der Waals surface area contributed by atoms with Crippen LogP contribution in [0.25, 0.3) is 10.8 Å². The summed E-state index contributed by atoms with van der Waals surface area (Å²) in [4.78, 5) is 37.2. The van der Waals surface area contributed by atoms with Crippen LogP contribution in [-0.4, -0.2) is 36.3 Å². The number of rotatable bonds is 3. The third-order valence-electron chi connectivity index (χ3n) is 4.18. The van der Waals surface area contributed by atoms with Crippen LogP contribution >= 0.6 is 0 Å². The van der Waals surface area contributed by atoms with Crippen molar-refractivity contribution >= 4 is 28.6 Å². The third-order valence-corrected chi connectivity index (χ3v) is 4.18. The SMILES string of the molecule is CNC(=O)CN1C(=O)N[C@@](C)(c2ccc3ccccc3c2)C1=O. The van der Waals surface area contributed by atoms with Crippen LogP contribution in [-0.2, 0) is 15.1 Å². The number of carbonyl (C=O) groups is 3. The maximum atomic E-state index is 12.7. The Labute approximate surface area is 133 Å². The lowest BCUT2D eigenvalue weighted by atomic mass is 9.90. The summed E-state index contributed by atoms with van der Waals surface area (Å²) < 4.78 is 0. The molecule has 1 saturated heterocycles. The molecule has 6 nitrogen and oxygen atoms in total. The van der Waals surface area contributed by atoms with E-state index in [-0.39, 0.29) is 6.54 Å². The molecule has 2 aromatic carbocycles. The van der Waals surface area contributed by atoms with Gasteiger partial charge in [-0.05, 0) is 29.3 Å². The molecule has 0 unspecified atom stereocenters. The van der Waals surface area contributed by atoms with Crippen LogP contribution in [0.1, 0.15) is 12.5 Å². The van der Waals surface area contributed by atoms with Crippen LogP contribution in [0.2, 0.25) is 0 Å². The van der Waals surface area contributed by atoms with Crippen molar-refractivity contribution in [3.05, 3.63) is 48.0 Å². The molecule has 0 radical (unpaired) electrons. The molecule has 0 saturated carbocycles. The van der Waals surface area contributed by atoms with Gasteiger partial charge < -0.3 is 10.6 Å². The quantitative estimate of drug-likeness (QED) is 0.840. The minimum Gasteiger partial charge on any atom is -0.358 e. The maximum Gasteiger partial charge on any atom is 0.325 e. The number of carbonyl (C=O) groups excluding carboxylic acids is 3. The molecule has 6 heteroatoms. The van der Waals surface area contributed by atoms with Crippen molar-refractivity contribution in [1.82, 2.24) is 15.5 Å². The Morgan fingerprint density at radius 1 is 1.17 bits per heavy atom. The molecule has 2 N–H and O–H groups in total. The standard InChI is InChI=1S/C17H17N3O3/c1-17(13-8-7-11-5-3-4-6-12(11)9-13)15(22)20(16(23)19-17)10-14(21)18-2/h3-9H,10H2,1-2H3,(H,18,21)(H,19,23)/t17-/m0/s1. The van der Waals surface area contributed by atoms with Crippen molar-refractivity contribution in [3.63, 3.8) is 0 Å². The second kappa shape index (κ2) is 5.39. The van der Waals surface area contributed by atoms with Gasteiger partial charge in [0.2, 0.25) is 5.91 Å². The molecular weight excluding hydrogens is 294 g/mol. The summed E-state index contributed by atoms with van der Waals surface area (Å²) in [7, 11) is 1.46. The van der Waals surface area contributed by atoms with Crippen molar-refractivity contribution in [3.8, 4) is 0 Å². The van der Waals surface area contributed by atoms with Gasteiger partial charge in [0, 0.05) is 7.05 Å². The summed E-state index contributed by atoms with van der Waals surface area (Å²) in [5.74, 6) is -0.822. The number of amides is 4. The van der Waals surface area contributed by atoms with Crippen LogP contribution in [0.5, 0.6) is 0 Å². The predicted molar refractivity (Wildman–Crippen MR) is 85.6 cm³/mol. The van der Waals surface area contributed by atoms with E-state index < -0.39 is 23.4 Å². The van der Waals surface area contributed by atoms with E-state index in [0.717, 1.165) is 15.7 Å². The number of urea groups is 1. The Morgan fingerprint density at radius 2 is 1.87 bits per heavy atom. The van der Waals surface area contributed by atoms with E-state index in [1.54, 1.807) is 6.92 Å². The second-order valence-corrected chi connectivity index (χ2v) is 5.68. The number of nitrogens with zero attached hydrogens (tertiary/aromatic N) is 1. The number of fused-ring (bicyclic) bond motifs is 1. The number of hydrogen-bond acceptors (Lipinski definition) is 3. The van der Waals surface area contributed by atoms with Gasteiger partial charge in [-0.1, -0.05) is 36.4 Å². The second-order valence-electron chi connectivity index (χ2n) is 5.68. The molecule has 0 bridgehead atoms. The molecule has 2 aromatic rings. The lowest BCUT2D eigenvalue weighted by Gasteiger charge is -2.22. The fraction of sp³-hybridized carbons (Fsp3) is 0.235. The van der Waals surface area contributed by atoms with Gasteiger partial charge >= 0.3 is 6.03 Å². The summed E-state index contributed by atoms with van der Waals surface area (Å²) in [6, 6.07) is 12.9. The molecule has 1 atom stereocenters. The van der Waals surface area contributed by atoms with Crippen molar-refractivity contribution < 1.29 is 14.4 Å². The van der Waals surface area contributed by atoms with Crippen molar-refractivity contribution in [2.75, 3.05) is 13.6 Å². The third kappa shape index (κ3) is 2.42. The van der Waals surface area contributed by atoms with Gasteiger partial charge in [0.25, 0.3) is 5.91 Å². The molecule has 1 fully saturated rings. The molecule has 0 spiro atoms. The van der Waals surface area contributed by atoms with Crippen molar-refractivity contribution in [2.24, 2.45) is 0 Å². The molecule has 0 aliphatic carbocycles. The van der Waals surface area contributed by atoms with E-state index in [9.17, 15) is 14.4 Å². The van der Waals surface area contributed by atoms with Gasteiger partial charge in [-0.3, -0.25) is 14.5 Å². The lowest BCUT2D eigenvalue weighted by Crippen LogP contribution is -2.42. The molecule has 118 valence electrons. The Morgan fingerprint density at radius 3 is 2.57 bits per heavy atom. The van der Waals surface area contributed by atoms with Gasteiger partial charge in [0.05, 0.1) is 0 Å². The fourth-order valence-electron chi connectivity index (χ4n) is 2.76. The van der Waals surface area contributed by atoms with E-state index in [0.29, 0.717) is 5.56 Å². The van der Waals surface area contributed by atoms with Gasteiger partial charge in [0.1, 0.15) is 12.1 Å². The number of hydrogen-bond donors (Lipinski definition) is 2. The van der Waals surface area contributed by atoms with Gasteiger partial charge in [-0.15, -0.1) is 0 Å². The molecule has 0 aromatic heterocycles. The molecule has 1 aliphatic rings. The topological polar surface area (TPSA) is 78.5 Å². The van der Waals surface area contributed by atoms with Crippen molar-refractivity contribution in [1.29, 1.82) is 0 Å². The zero-order chi connectivity index (χ0) is 16.6. The number of likely N-dealkylation sites (N-methyl/N-ethyl adjacent to an activating group) is 1. The molecule has 23 heavy (non-hydrogen) atoms. The lowest BCUT2D eigenvalue weighted by molar-refractivity contribution is -0.134. The molecule has 1 aliphatic heterocycles. The van der Waals surface area contributed by atoms with Gasteiger partial charge in [0.15, 0.2) is 0 Å². The minimum atomic E-state index is -1.17. The van der Waals surface area contributed by atoms with E-state index in [4.69, 9.17) is 0 Å². The predicted octanol–water partition coefficient (Wildman–Crippen LogP) is 1.35. The Kier molecular flexibility index (Phi) is 3.52. The molecule has 3 rings (SSSR count). The Bertz CT molecular complexity index is 818. The maximum absolute atomic E-state index is 12.7. The smallest absolute Gasteiger partial charge is 0.325 e. The van der Waals surface area contributed by atoms with E-state index >= 15 is 0 Å². The van der Waals surface area contributed by atoms with Crippen LogP contribution in [0.4, 0.5) is 4.79 Å². The van der Waals surface area contributed by atoms with Crippen LogP contribution in [0, 0.1) is 0 Å². The van der Waals surface area contributed by atoms with E-state index in [2.05, 4.69) is 10.6 Å². The highest BCUT2D eigenvalue weighted by Gasteiger charge is 2.49. The largest absolute Gasteiger partial charge is 0.358 e. The monoisotopic (exact) mass is 311 g/mol. The average Bonchev–Trinajstić information content (AvgIpc) is 2.78. The fourth-order valence-corrected chi connectivity index (χ4v) is 2.76. The summed E-state index contributed by atoms with van der Waals surface area (Å²) in [5.41, 5.74) is -0.483. The highest BCUT2D eigenvalue weighted by molar-refractivity contribution is 6.09. The molecule has 1 heterocycles. The van der Waals surface area contributed by atoms with E-state index in [1.165, 1.54) is 7.05 Å². The average molecular weight is 311 g/mol. The zero-order valence-corrected chi connectivity index (χ0v) is 12.9. The summed E-state index contributed by atoms with van der Waals surface area (Å²) in [6.45, 7) is 1.37. The first-order chi connectivity index (χ1) is 11.0. The van der Waals surface area contributed by atoms with Gasteiger partial charge in [-0.25, -0.2) is 4.79 Å².